The van der Waals surface area contributed by atoms with Gasteiger partial charge in [0.25, 0.3) is 0 Å². The van der Waals surface area contributed by atoms with E-state index in [1.165, 1.54) is 0 Å². The summed E-state index contributed by atoms with van der Waals surface area (Å²) in [5.74, 6) is -0.425. The summed E-state index contributed by atoms with van der Waals surface area (Å²) in [6.07, 6.45) is 0.796. The number of hydrogen-bond acceptors (Lipinski definition) is 4. The fraction of sp³-hybridized carbons (Fsp3) is 0.333. The van der Waals surface area contributed by atoms with Crippen molar-refractivity contribution in [1.82, 2.24) is 5.32 Å². The number of hydrogen-bond donors (Lipinski definition) is 3. The van der Waals surface area contributed by atoms with Crippen molar-refractivity contribution in [3.05, 3.63) is 29.8 Å². The average Bonchev–Trinajstić information content (AvgIpc) is 2.27. The second kappa shape index (κ2) is 5.05. The fourth-order valence-corrected chi connectivity index (χ4v) is 2.22. The predicted octanol–water partition coefficient (Wildman–Crippen LogP) is -0.429. The monoisotopic (exact) mass is 248 g/mol. The fourth-order valence-electron chi connectivity index (χ4n) is 2.22. The van der Waals surface area contributed by atoms with Gasteiger partial charge in [-0.2, -0.15) is 0 Å². The highest BCUT2D eigenvalue weighted by Gasteiger charge is 2.23. The molecule has 6 nitrogen and oxygen atoms in total. The molecule has 96 valence electrons. The van der Waals surface area contributed by atoms with Crippen LogP contribution < -0.4 is 21.7 Å². The molecule has 0 aliphatic carbocycles. The van der Waals surface area contributed by atoms with Crippen molar-refractivity contribution < 1.29 is 9.59 Å². The molecular formula is C12H16N4O2. The molecule has 0 aromatic heterocycles. The van der Waals surface area contributed by atoms with Gasteiger partial charge in [-0.25, -0.2) is 4.79 Å². The lowest BCUT2D eigenvalue weighted by Crippen LogP contribution is -2.48. The summed E-state index contributed by atoms with van der Waals surface area (Å²) in [6.45, 7) is 0.664. The average molecular weight is 248 g/mol. The van der Waals surface area contributed by atoms with E-state index in [4.69, 9.17) is 11.5 Å². The molecule has 1 aliphatic rings. The number of anilines is 1. The molecule has 0 saturated carbocycles. The molecule has 3 amide bonds. The molecule has 0 radical (unpaired) electrons. The summed E-state index contributed by atoms with van der Waals surface area (Å²) in [4.78, 5) is 24.0. The number of amides is 3. The van der Waals surface area contributed by atoms with E-state index in [0.29, 0.717) is 6.54 Å². The van der Waals surface area contributed by atoms with Crippen molar-refractivity contribution in [2.24, 2.45) is 11.5 Å². The zero-order valence-electron chi connectivity index (χ0n) is 9.93. The first-order valence-corrected chi connectivity index (χ1v) is 5.74. The lowest BCUT2D eigenvalue weighted by atomic mass is 9.98. The van der Waals surface area contributed by atoms with Crippen LogP contribution in [0, 0.1) is 0 Å². The maximum atomic E-state index is 11.5. The maximum Gasteiger partial charge on any atom is 0.318 e. The Labute approximate surface area is 105 Å². The summed E-state index contributed by atoms with van der Waals surface area (Å²) >= 11 is 0. The third kappa shape index (κ3) is 2.78. The van der Waals surface area contributed by atoms with Crippen LogP contribution in [0.3, 0.4) is 0 Å². The lowest BCUT2D eigenvalue weighted by molar-refractivity contribution is -0.118. The number of para-hydroxylation sites is 1. The number of carbonyl (C=O) groups excluding carboxylic acids is 2. The normalized spacial score (nSPS) is 18.1. The molecule has 18 heavy (non-hydrogen) atoms. The van der Waals surface area contributed by atoms with E-state index in [0.717, 1.165) is 17.7 Å². The molecule has 1 aromatic carbocycles. The molecule has 6 heteroatoms. The van der Waals surface area contributed by atoms with Gasteiger partial charge in [0.05, 0.1) is 6.54 Å². The number of primary amides is 1. The zero-order valence-corrected chi connectivity index (χ0v) is 9.93. The van der Waals surface area contributed by atoms with Crippen molar-refractivity contribution in [2.45, 2.75) is 12.5 Å². The Morgan fingerprint density at radius 1 is 1.39 bits per heavy atom. The number of rotatable bonds is 2. The molecule has 1 heterocycles. The third-order valence-corrected chi connectivity index (χ3v) is 2.87. The highest BCUT2D eigenvalue weighted by atomic mass is 16.2. The van der Waals surface area contributed by atoms with E-state index in [-0.39, 0.29) is 12.6 Å². The van der Waals surface area contributed by atoms with E-state index in [9.17, 15) is 9.59 Å². The van der Waals surface area contributed by atoms with Crippen LogP contribution in [0.15, 0.2) is 24.3 Å². The minimum Gasteiger partial charge on any atom is -0.360 e. The van der Waals surface area contributed by atoms with Crippen LogP contribution in [0.1, 0.15) is 5.56 Å². The molecule has 0 saturated heterocycles. The zero-order chi connectivity index (χ0) is 13.1. The minimum absolute atomic E-state index is 0.0127. The van der Waals surface area contributed by atoms with Crippen LogP contribution in [0.4, 0.5) is 10.5 Å². The number of fused-ring (bicyclic) bond motifs is 1. The summed E-state index contributed by atoms with van der Waals surface area (Å²) in [5, 5.41) is 2.05. The SMILES string of the molecule is NC(=O)NC(=O)CN1CC(N)Cc2ccccc21. The summed E-state index contributed by atoms with van der Waals surface area (Å²) in [5.41, 5.74) is 13.0. The smallest absolute Gasteiger partial charge is 0.318 e. The minimum atomic E-state index is -0.838. The quantitative estimate of drug-likeness (QED) is 0.661. The van der Waals surface area contributed by atoms with Gasteiger partial charge in [0.15, 0.2) is 0 Å². The number of carbonyl (C=O) groups is 2. The Kier molecular flexibility index (Phi) is 3.47. The van der Waals surface area contributed by atoms with Crippen LogP contribution in [-0.2, 0) is 11.2 Å². The van der Waals surface area contributed by atoms with Crippen molar-refractivity contribution in [3.63, 3.8) is 0 Å². The number of nitrogens with zero attached hydrogens (tertiary/aromatic N) is 1. The van der Waals surface area contributed by atoms with Crippen molar-refractivity contribution >= 4 is 17.6 Å². The van der Waals surface area contributed by atoms with Gasteiger partial charge in [-0.15, -0.1) is 0 Å². The van der Waals surface area contributed by atoms with Crippen LogP contribution in [0.25, 0.3) is 0 Å². The second-order valence-electron chi connectivity index (χ2n) is 4.39. The van der Waals surface area contributed by atoms with Crippen molar-refractivity contribution in [1.29, 1.82) is 0 Å². The Bertz CT molecular complexity index is 475. The summed E-state index contributed by atoms with van der Waals surface area (Å²) in [6, 6.07) is 6.94. The number of urea groups is 1. The van der Waals surface area contributed by atoms with Gasteiger partial charge >= 0.3 is 6.03 Å². The van der Waals surface area contributed by atoms with E-state index >= 15 is 0 Å². The molecule has 0 spiro atoms. The third-order valence-electron chi connectivity index (χ3n) is 2.87. The molecule has 1 aromatic rings. The standard InChI is InChI=1S/C12H16N4O2/c13-9-5-8-3-1-2-4-10(8)16(6-9)7-11(17)15-12(14)18/h1-4,9H,5-7,13H2,(H3,14,15,17,18). The Balaban J connectivity index is 2.14. The first kappa shape index (κ1) is 12.4. The number of benzene rings is 1. The first-order valence-electron chi connectivity index (χ1n) is 5.74. The van der Waals surface area contributed by atoms with Crippen LogP contribution in [0.2, 0.25) is 0 Å². The van der Waals surface area contributed by atoms with Gasteiger partial charge < -0.3 is 16.4 Å². The molecule has 1 unspecified atom stereocenters. The Morgan fingerprint density at radius 3 is 2.83 bits per heavy atom. The summed E-state index contributed by atoms with van der Waals surface area (Å²) < 4.78 is 0. The molecule has 2 rings (SSSR count). The molecular weight excluding hydrogens is 232 g/mol. The van der Waals surface area contributed by atoms with Gasteiger partial charge in [0.2, 0.25) is 5.91 Å². The van der Waals surface area contributed by atoms with Crippen LogP contribution in [-0.4, -0.2) is 31.1 Å². The highest BCUT2D eigenvalue weighted by Crippen LogP contribution is 2.25. The predicted molar refractivity (Wildman–Crippen MR) is 68.1 cm³/mol. The molecule has 5 N–H and O–H groups in total. The van der Waals surface area contributed by atoms with E-state index in [2.05, 4.69) is 5.32 Å². The largest absolute Gasteiger partial charge is 0.360 e. The molecule has 1 aliphatic heterocycles. The van der Waals surface area contributed by atoms with Gasteiger partial charge in [0, 0.05) is 18.3 Å². The van der Waals surface area contributed by atoms with Gasteiger partial charge in [-0.3, -0.25) is 10.1 Å². The van der Waals surface area contributed by atoms with E-state index in [1.54, 1.807) is 0 Å². The van der Waals surface area contributed by atoms with Crippen LogP contribution >= 0.6 is 0 Å². The Morgan fingerprint density at radius 2 is 2.11 bits per heavy atom. The van der Waals surface area contributed by atoms with E-state index < -0.39 is 11.9 Å². The number of nitrogens with two attached hydrogens (primary N) is 2. The van der Waals surface area contributed by atoms with Gasteiger partial charge in [-0.05, 0) is 18.1 Å². The first-order chi connectivity index (χ1) is 8.56. The van der Waals surface area contributed by atoms with Crippen molar-refractivity contribution in [2.75, 3.05) is 18.0 Å². The molecule has 0 bridgehead atoms. The highest BCUT2D eigenvalue weighted by molar-refractivity contribution is 5.95. The topological polar surface area (TPSA) is 101 Å². The number of nitrogens with one attached hydrogen (secondary N) is 1. The maximum absolute atomic E-state index is 11.5. The van der Waals surface area contributed by atoms with Crippen LogP contribution in [0.5, 0.6) is 0 Å². The van der Waals surface area contributed by atoms with E-state index in [1.807, 2.05) is 29.2 Å². The van der Waals surface area contributed by atoms with Gasteiger partial charge in [-0.1, -0.05) is 18.2 Å². The lowest BCUT2D eigenvalue weighted by Gasteiger charge is -2.33. The molecule has 1 atom stereocenters. The molecule has 0 fully saturated rings. The van der Waals surface area contributed by atoms with Crippen molar-refractivity contribution in [3.8, 4) is 0 Å². The van der Waals surface area contributed by atoms with Gasteiger partial charge in [0.1, 0.15) is 0 Å². The summed E-state index contributed by atoms with van der Waals surface area (Å²) in [7, 11) is 0. The Hall–Kier alpha value is -2.08. The number of imide groups is 1. The second-order valence-corrected chi connectivity index (χ2v) is 4.39.